The Labute approximate surface area is 215 Å². The van der Waals surface area contributed by atoms with Crippen molar-refractivity contribution in [3.8, 4) is 0 Å². The van der Waals surface area contributed by atoms with Gasteiger partial charge in [-0.2, -0.15) is 18.3 Å². The van der Waals surface area contributed by atoms with Crippen LogP contribution in [-0.4, -0.2) is 51.1 Å². The molecule has 3 aromatic rings. The number of benzene rings is 2. The first-order chi connectivity index (χ1) is 17.5. The van der Waals surface area contributed by atoms with Crippen molar-refractivity contribution in [1.29, 1.82) is 0 Å². The van der Waals surface area contributed by atoms with Gasteiger partial charge in [-0.05, 0) is 66.9 Å². The van der Waals surface area contributed by atoms with Gasteiger partial charge in [0.05, 0.1) is 28.7 Å². The minimum atomic E-state index is -4.46. The van der Waals surface area contributed by atoms with Crippen molar-refractivity contribution in [2.24, 2.45) is 5.73 Å². The van der Waals surface area contributed by atoms with Crippen molar-refractivity contribution >= 4 is 39.9 Å². The van der Waals surface area contributed by atoms with E-state index in [1.165, 1.54) is 15.6 Å². The first kappa shape index (κ1) is 25.5. The van der Waals surface area contributed by atoms with E-state index in [2.05, 4.69) is 5.10 Å². The highest BCUT2D eigenvalue weighted by Gasteiger charge is 2.41. The van der Waals surface area contributed by atoms with Gasteiger partial charge in [0, 0.05) is 30.7 Å². The molecule has 3 heterocycles. The number of hydrogen-bond acceptors (Lipinski definition) is 6. The van der Waals surface area contributed by atoms with E-state index in [1.54, 1.807) is 43.5 Å². The quantitative estimate of drug-likeness (QED) is 0.469. The van der Waals surface area contributed by atoms with Crippen LogP contribution in [0.5, 0.6) is 0 Å². The molecule has 0 spiro atoms. The van der Waals surface area contributed by atoms with Gasteiger partial charge in [-0.15, -0.1) is 0 Å². The molecule has 7 nitrogen and oxygen atoms in total. The van der Waals surface area contributed by atoms with E-state index in [0.717, 1.165) is 17.8 Å². The minimum absolute atomic E-state index is 0.0390. The number of hydrogen-bond donors (Lipinski definition) is 1. The molecule has 2 aliphatic rings. The molecule has 2 aromatic carbocycles. The number of ether oxygens (including phenoxy) is 1. The summed E-state index contributed by atoms with van der Waals surface area (Å²) < 4.78 is 47.5. The number of fused-ring (bicyclic) bond motifs is 1. The number of thioether (sulfide) groups is 1. The molecule has 2 amide bonds. The van der Waals surface area contributed by atoms with Crippen LogP contribution in [0.25, 0.3) is 17.0 Å². The molecule has 0 aliphatic carbocycles. The molecule has 0 bridgehead atoms. The monoisotopic (exact) mass is 530 g/mol. The number of carbonyl (C=O) groups is 2. The zero-order valence-electron chi connectivity index (χ0n) is 20.0. The molecule has 0 unspecified atom stereocenters. The predicted molar refractivity (Wildman–Crippen MR) is 135 cm³/mol. The maximum Gasteiger partial charge on any atom is 0.416 e. The number of nitrogens with zero attached hydrogens (tertiary/aromatic N) is 3. The maximum absolute atomic E-state index is 13.6. The molecule has 2 N–H and O–H groups in total. The van der Waals surface area contributed by atoms with Crippen molar-refractivity contribution < 1.29 is 27.5 Å². The number of rotatable bonds is 5. The van der Waals surface area contributed by atoms with E-state index in [1.807, 2.05) is 0 Å². The van der Waals surface area contributed by atoms with Crippen molar-refractivity contribution in [3.63, 3.8) is 0 Å². The molecule has 2 saturated heterocycles. The number of imide groups is 1. The van der Waals surface area contributed by atoms with Crippen LogP contribution in [0.4, 0.5) is 18.0 Å². The normalized spacial score (nSPS) is 19.4. The second-order valence-corrected chi connectivity index (χ2v) is 10.5. The van der Waals surface area contributed by atoms with Crippen LogP contribution in [0, 0.1) is 6.92 Å². The van der Waals surface area contributed by atoms with Crippen molar-refractivity contribution in [3.05, 3.63) is 69.8 Å². The summed E-state index contributed by atoms with van der Waals surface area (Å²) in [5.74, 6) is -0.388. The summed E-state index contributed by atoms with van der Waals surface area (Å²) in [6.45, 7) is 2.72. The number of aromatic nitrogens is 2. The van der Waals surface area contributed by atoms with Crippen molar-refractivity contribution in [2.45, 2.75) is 38.0 Å². The van der Waals surface area contributed by atoms with E-state index < -0.39 is 17.3 Å². The lowest BCUT2D eigenvalue weighted by atomic mass is 9.91. The van der Waals surface area contributed by atoms with E-state index >= 15 is 0 Å². The SMILES string of the molecule is Cc1ccc(Cn2ncc3cc(/C=C4\SC(=O)N(CC5(N)CCOCC5)C4=O)ccc32)c(C(F)(F)F)c1. The summed E-state index contributed by atoms with van der Waals surface area (Å²) in [5, 5.41) is 4.64. The van der Waals surface area contributed by atoms with Crippen molar-refractivity contribution in [1.82, 2.24) is 14.7 Å². The van der Waals surface area contributed by atoms with Gasteiger partial charge in [0.2, 0.25) is 0 Å². The molecule has 2 fully saturated rings. The summed E-state index contributed by atoms with van der Waals surface area (Å²) in [7, 11) is 0. The van der Waals surface area contributed by atoms with E-state index in [4.69, 9.17) is 10.5 Å². The highest BCUT2D eigenvalue weighted by molar-refractivity contribution is 8.18. The van der Waals surface area contributed by atoms with E-state index in [0.29, 0.717) is 53.0 Å². The van der Waals surface area contributed by atoms with Crippen LogP contribution in [0.15, 0.2) is 47.5 Å². The third-order valence-electron chi connectivity index (χ3n) is 6.69. The average molecular weight is 531 g/mol. The van der Waals surface area contributed by atoms with Gasteiger partial charge in [-0.1, -0.05) is 23.8 Å². The fourth-order valence-corrected chi connectivity index (χ4v) is 5.45. The number of nitrogens with two attached hydrogens (primary N) is 1. The van der Waals surface area contributed by atoms with Crippen LogP contribution in [0.1, 0.15) is 35.1 Å². The molecule has 0 atom stereocenters. The van der Waals surface area contributed by atoms with Gasteiger partial charge in [0.25, 0.3) is 11.1 Å². The highest BCUT2D eigenvalue weighted by atomic mass is 32.2. The molecule has 11 heteroatoms. The summed E-state index contributed by atoms with van der Waals surface area (Å²) in [6.07, 6.45) is -0.114. The van der Waals surface area contributed by atoms with Crippen LogP contribution in [0.3, 0.4) is 0 Å². The number of aryl methyl sites for hydroxylation is 1. The average Bonchev–Trinajstić information content (AvgIpc) is 3.35. The predicted octanol–water partition coefficient (Wildman–Crippen LogP) is 4.96. The van der Waals surface area contributed by atoms with Gasteiger partial charge in [-0.3, -0.25) is 19.2 Å². The lowest BCUT2D eigenvalue weighted by Gasteiger charge is -2.35. The number of carbonyl (C=O) groups excluding carboxylic acids is 2. The Morgan fingerprint density at radius 1 is 1.16 bits per heavy atom. The second kappa shape index (κ2) is 9.62. The van der Waals surface area contributed by atoms with Gasteiger partial charge >= 0.3 is 6.18 Å². The minimum Gasteiger partial charge on any atom is -0.381 e. The Hall–Kier alpha value is -3.15. The molecule has 2 aliphatic heterocycles. The summed E-state index contributed by atoms with van der Waals surface area (Å²) in [5.41, 5.74) is 7.06. The Morgan fingerprint density at radius 2 is 1.92 bits per heavy atom. The van der Waals surface area contributed by atoms with Crippen LogP contribution < -0.4 is 5.73 Å². The standard InChI is InChI=1S/C26H25F3N4O3S/c1-16-2-4-18(20(10-16)26(27,28)29)14-33-21-5-3-17(11-19(21)13-31-33)12-22-23(34)32(24(35)37-22)15-25(30)6-8-36-9-7-25/h2-5,10-13H,6-9,14-15,30H2,1H3/b22-12-. The number of halogens is 3. The Balaban J connectivity index is 1.37. The maximum atomic E-state index is 13.6. The van der Waals surface area contributed by atoms with Gasteiger partial charge < -0.3 is 10.5 Å². The summed E-state index contributed by atoms with van der Waals surface area (Å²) in [4.78, 5) is 27.0. The summed E-state index contributed by atoms with van der Waals surface area (Å²) >= 11 is 0.866. The zero-order chi connectivity index (χ0) is 26.4. The Bertz CT molecular complexity index is 1410. The van der Waals surface area contributed by atoms with Crippen molar-refractivity contribution in [2.75, 3.05) is 19.8 Å². The van der Waals surface area contributed by atoms with Crippen LogP contribution >= 0.6 is 11.8 Å². The van der Waals surface area contributed by atoms with E-state index in [9.17, 15) is 22.8 Å². The molecule has 5 rings (SSSR count). The van der Waals surface area contributed by atoms with Crippen LogP contribution in [0.2, 0.25) is 0 Å². The van der Waals surface area contributed by atoms with Gasteiger partial charge in [0.1, 0.15) is 0 Å². The summed E-state index contributed by atoms with van der Waals surface area (Å²) in [6, 6.07) is 9.54. The zero-order valence-corrected chi connectivity index (χ0v) is 20.9. The molecule has 194 valence electrons. The van der Waals surface area contributed by atoms with Gasteiger partial charge in [0.15, 0.2) is 0 Å². The topological polar surface area (TPSA) is 90.5 Å². The largest absolute Gasteiger partial charge is 0.416 e. The first-order valence-corrected chi connectivity index (χ1v) is 12.6. The second-order valence-electron chi connectivity index (χ2n) is 9.52. The smallest absolute Gasteiger partial charge is 0.381 e. The fraction of sp³-hybridized carbons (Fsp3) is 0.346. The fourth-order valence-electron chi connectivity index (χ4n) is 4.61. The van der Waals surface area contributed by atoms with Gasteiger partial charge in [-0.25, -0.2) is 0 Å². The third-order valence-corrected chi connectivity index (χ3v) is 7.60. The lowest BCUT2D eigenvalue weighted by molar-refractivity contribution is -0.138. The molecular formula is C26H25F3N4O3S. The van der Waals surface area contributed by atoms with E-state index in [-0.39, 0.29) is 29.8 Å². The molecule has 0 saturated carbocycles. The lowest BCUT2D eigenvalue weighted by Crippen LogP contribution is -2.54. The number of alkyl halides is 3. The highest BCUT2D eigenvalue weighted by Crippen LogP contribution is 2.35. The molecule has 1 aromatic heterocycles. The molecular weight excluding hydrogens is 505 g/mol. The van der Waals surface area contributed by atoms with Crippen LogP contribution in [-0.2, 0) is 22.3 Å². The Morgan fingerprint density at radius 3 is 2.65 bits per heavy atom. The Kier molecular flexibility index (Phi) is 6.63. The number of amides is 2. The first-order valence-electron chi connectivity index (χ1n) is 11.8. The molecule has 0 radical (unpaired) electrons. The third kappa shape index (κ3) is 5.29. The molecule has 37 heavy (non-hydrogen) atoms.